The standard InChI is InChI=1S/C12H19N3O3/c1-5-14-7-13-6-10(14)11(12(17)18)15(8(2)3)9(4)16/h6-8,11H,5H2,1-4H3,(H,17,18). The minimum atomic E-state index is -1.05. The minimum absolute atomic E-state index is 0.191. The van der Waals surface area contributed by atoms with Gasteiger partial charge in [-0.3, -0.25) is 4.79 Å². The van der Waals surface area contributed by atoms with Gasteiger partial charge in [-0.2, -0.15) is 0 Å². The van der Waals surface area contributed by atoms with Crippen molar-refractivity contribution in [3.63, 3.8) is 0 Å². The van der Waals surface area contributed by atoms with E-state index in [9.17, 15) is 14.7 Å². The smallest absolute Gasteiger partial charge is 0.332 e. The number of aromatic nitrogens is 2. The van der Waals surface area contributed by atoms with Crippen molar-refractivity contribution in [1.82, 2.24) is 14.5 Å². The monoisotopic (exact) mass is 253 g/mol. The van der Waals surface area contributed by atoms with E-state index >= 15 is 0 Å². The van der Waals surface area contributed by atoms with E-state index in [-0.39, 0.29) is 11.9 Å². The van der Waals surface area contributed by atoms with E-state index in [1.54, 1.807) is 24.7 Å². The normalized spacial score (nSPS) is 12.5. The van der Waals surface area contributed by atoms with E-state index in [4.69, 9.17) is 0 Å². The van der Waals surface area contributed by atoms with E-state index in [1.165, 1.54) is 18.0 Å². The number of aryl methyl sites for hydroxylation is 1. The van der Waals surface area contributed by atoms with Gasteiger partial charge in [-0.05, 0) is 20.8 Å². The molecule has 0 aromatic carbocycles. The van der Waals surface area contributed by atoms with Gasteiger partial charge < -0.3 is 14.6 Å². The van der Waals surface area contributed by atoms with E-state index < -0.39 is 12.0 Å². The number of hydrogen-bond acceptors (Lipinski definition) is 3. The summed E-state index contributed by atoms with van der Waals surface area (Å²) < 4.78 is 1.73. The maximum Gasteiger partial charge on any atom is 0.332 e. The molecule has 1 atom stereocenters. The van der Waals surface area contributed by atoms with Crippen molar-refractivity contribution in [2.45, 2.75) is 46.3 Å². The Morgan fingerprint density at radius 3 is 2.50 bits per heavy atom. The number of rotatable bonds is 5. The maximum atomic E-state index is 11.7. The third-order valence-corrected chi connectivity index (χ3v) is 2.80. The highest BCUT2D eigenvalue weighted by Gasteiger charge is 2.33. The molecule has 100 valence electrons. The highest BCUT2D eigenvalue weighted by molar-refractivity contribution is 5.83. The number of amides is 1. The van der Waals surface area contributed by atoms with Gasteiger partial charge in [-0.25, -0.2) is 9.78 Å². The summed E-state index contributed by atoms with van der Waals surface area (Å²) in [4.78, 5) is 28.5. The molecule has 18 heavy (non-hydrogen) atoms. The quantitative estimate of drug-likeness (QED) is 0.857. The number of carboxylic acids is 1. The number of hydrogen-bond donors (Lipinski definition) is 1. The Balaban J connectivity index is 3.25. The molecule has 1 aromatic rings. The molecule has 1 N–H and O–H groups in total. The number of carbonyl (C=O) groups is 2. The molecule has 0 bridgehead atoms. The number of nitrogens with zero attached hydrogens (tertiary/aromatic N) is 3. The molecule has 6 nitrogen and oxygen atoms in total. The van der Waals surface area contributed by atoms with E-state index in [1.807, 2.05) is 6.92 Å². The number of aliphatic carboxylic acids is 1. The molecule has 0 aliphatic heterocycles. The minimum Gasteiger partial charge on any atom is -0.479 e. The fourth-order valence-electron chi connectivity index (χ4n) is 2.05. The van der Waals surface area contributed by atoms with Crippen LogP contribution in [0.25, 0.3) is 0 Å². The van der Waals surface area contributed by atoms with Crippen molar-refractivity contribution in [1.29, 1.82) is 0 Å². The number of imidazole rings is 1. The summed E-state index contributed by atoms with van der Waals surface area (Å²) in [7, 11) is 0. The molecule has 0 aliphatic carbocycles. The van der Waals surface area contributed by atoms with Crippen molar-refractivity contribution in [3.8, 4) is 0 Å². The molecule has 0 saturated heterocycles. The average Bonchev–Trinajstić information content (AvgIpc) is 2.71. The van der Waals surface area contributed by atoms with E-state index in [0.717, 1.165) is 0 Å². The van der Waals surface area contributed by atoms with Gasteiger partial charge in [0.1, 0.15) is 0 Å². The third kappa shape index (κ3) is 2.69. The van der Waals surface area contributed by atoms with Crippen LogP contribution in [-0.4, -0.2) is 37.5 Å². The predicted octanol–water partition coefficient (Wildman–Crippen LogP) is 1.29. The first-order chi connectivity index (χ1) is 8.40. The molecule has 1 unspecified atom stereocenters. The van der Waals surface area contributed by atoms with Gasteiger partial charge in [0.05, 0.1) is 18.2 Å². The van der Waals surface area contributed by atoms with Crippen LogP contribution in [0.3, 0.4) is 0 Å². The van der Waals surface area contributed by atoms with Gasteiger partial charge in [0, 0.05) is 19.5 Å². The molecule has 1 amide bonds. The van der Waals surface area contributed by atoms with Crippen LogP contribution in [0.2, 0.25) is 0 Å². The van der Waals surface area contributed by atoms with Crippen molar-refractivity contribution in [3.05, 3.63) is 18.2 Å². The van der Waals surface area contributed by atoms with Crippen molar-refractivity contribution in [2.24, 2.45) is 0 Å². The molecule has 0 radical (unpaired) electrons. The lowest BCUT2D eigenvalue weighted by molar-refractivity contribution is -0.151. The topological polar surface area (TPSA) is 75.4 Å². The molecule has 6 heteroatoms. The first-order valence-corrected chi connectivity index (χ1v) is 5.91. The molecule has 0 fully saturated rings. The lowest BCUT2D eigenvalue weighted by Crippen LogP contribution is -2.43. The highest BCUT2D eigenvalue weighted by atomic mass is 16.4. The third-order valence-electron chi connectivity index (χ3n) is 2.80. The summed E-state index contributed by atoms with van der Waals surface area (Å²) in [5.74, 6) is -1.31. The van der Waals surface area contributed by atoms with Crippen molar-refractivity contribution in [2.75, 3.05) is 0 Å². The van der Waals surface area contributed by atoms with Gasteiger partial charge in [0.2, 0.25) is 5.91 Å². The fourth-order valence-corrected chi connectivity index (χ4v) is 2.05. The largest absolute Gasteiger partial charge is 0.479 e. The molecule has 1 aromatic heterocycles. The molecule has 1 rings (SSSR count). The van der Waals surface area contributed by atoms with E-state index in [2.05, 4.69) is 4.98 Å². The number of carbonyl (C=O) groups excluding carboxylic acids is 1. The molecular weight excluding hydrogens is 234 g/mol. The summed E-state index contributed by atoms with van der Waals surface area (Å²) >= 11 is 0. The van der Waals surface area contributed by atoms with Crippen LogP contribution in [0, 0.1) is 0 Å². The van der Waals surface area contributed by atoms with Crippen LogP contribution >= 0.6 is 0 Å². The molecule has 0 spiro atoms. The Bertz CT molecular complexity index is 440. The first kappa shape index (κ1) is 14.2. The van der Waals surface area contributed by atoms with Gasteiger partial charge in [-0.1, -0.05) is 0 Å². The molecule has 1 heterocycles. The predicted molar refractivity (Wildman–Crippen MR) is 65.9 cm³/mol. The average molecular weight is 253 g/mol. The Morgan fingerprint density at radius 1 is 1.50 bits per heavy atom. The Hall–Kier alpha value is -1.85. The maximum absolute atomic E-state index is 11.7. The highest BCUT2D eigenvalue weighted by Crippen LogP contribution is 2.23. The second-order valence-corrected chi connectivity index (χ2v) is 4.37. The van der Waals surface area contributed by atoms with Crippen LogP contribution < -0.4 is 0 Å². The lowest BCUT2D eigenvalue weighted by Gasteiger charge is -2.31. The zero-order valence-corrected chi connectivity index (χ0v) is 11.1. The van der Waals surface area contributed by atoms with Gasteiger partial charge >= 0.3 is 5.97 Å². The second kappa shape index (κ2) is 5.66. The van der Waals surface area contributed by atoms with Crippen LogP contribution in [0.1, 0.15) is 39.4 Å². The first-order valence-electron chi connectivity index (χ1n) is 5.91. The summed E-state index contributed by atoms with van der Waals surface area (Å²) in [6.07, 6.45) is 3.07. The zero-order valence-electron chi connectivity index (χ0n) is 11.1. The van der Waals surface area contributed by atoms with Crippen molar-refractivity contribution >= 4 is 11.9 Å². The molecular formula is C12H19N3O3. The lowest BCUT2D eigenvalue weighted by atomic mass is 10.1. The van der Waals surface area contributed by atoms with E-state index in [0.29, 0.717) is 12.2 Å². The zero-order chi connectivity index (χ0) is 13.9. The van der Waals surface area contributed by atoms with Crippen LogP contribution in [0.5, 0.6) is 0 Å². The Kier molecular flexibility index (Phi) is 4.47. The summed E-state index contributed by atoms with van der Waals surface area (Å²) in [5, 5.41) is 9.40. The molecule has 0 saturated carbocycles. The summed E-state index contributed by atoms with van der Waals surface area (Å²) in [6.45, 7) is 7.48. The van der Waals surface area contributed by atoms with Crippen LogP contribution in [0.15, 0.2) is 12.5 Å². The van der Waals surface area contributed by atoms with Crippen LogP contribution in [0.4, 0.5) is 0 Å². The summed E-state index contributed by atoms with van der Waals surface area (Å²) in [6, 6.07) is -1.19. The summed E-state index contributed by atoms with van der Waals surface area (Å²) in [5.41, 5.74) is 0.522. The second-order valence-electron chi connectivity index (χ2n) is 4.37. The number of carboxylic acid groups (broad SMARTS) is 1. The van der Waals surface area contributed by atoms with Gasteiger partial charge in [0.25, 0.3) is 0 Å². The van der Waals surface area contributed by atoms with Gasteiger partial charge in [-0.15, -0.1) is 0 Å². The SMILES string of the molecule is CCn1cncc1C(C(=O)O)N(C(C)=O)C(C)C. The molecule has 0 aliphatic rings. The van der Waals surface area contributed by atoms with Crippen LogP contribution in [-0.2, 0) is 16.1 Å². The Morgan fingerprint density at radius 2 is 2.11 bits per heavy atom. The fraction of sp³-hybridized carbons (Fsp3) is 0.583. The van der Waals surface area contributed by atoms with Crippen molar-refractivity contribution < 1.29 is 14.7 Å². The Labute approximate surface area is 106 Å². The van der Waals surface area contributed by atoms with Gasteiger partial charge in [0.15, 0.2) is 6.04 Å².